The third-order valence-corrected chi connectivity index (χ3v) is 7.84. The molecule has 0 aromatic rings. The summed E-state index contributed by atoms with van der Waals surface area (Å²) in [5.41, 5.74) is -0.142. The molecule has 1 N–H and O–H groups in total. The highest BCUT2D eigenvalue weighted by molar-refractivity contribution is 5.83. The van der Waals surface area contributed by atoms with Crippen molar-refractivity contribution in [2.24, 2.45) is 5.41 Å². The van der Waals surface area contributed by atoms with Crippen LogP contribution < -0.4 is 0 Å². The summed E-state index contributed by atoms with van der Waals surface area (Å²) in [6.07, 6.45) is 35.8. The Hall–Kier alpha value is -0.860. The number of hydrogen-bond acceptors (Lipinski definition) is 2. The summed E-state index contributed by atoms with van der Waals surface area (Å²) in [6.45, 7) is 10.6. The van der Waals surface area contributed by atoms with E-state index in [0.717, 1.165) is 25.7 Å². The number of carboxylic acid groups (broad SMARTS) is 1. The molecule has 0 spiro atoms. The molecule has 3 heteroatoms. The molecule has 0 rings (SSSR count). The molecule has 0 bridgehead atoms. The van der Waals surface area contributed by atoms with Gasteiger partial charge in [-0.25, -0.2) is 0 Å². The fraction of sp³-hybridized carbons (Fsp3) is 0.944. The lowest BCUT2D eigenvalue weighted by atomic mass is 9.88. The van der Waals surface area contributed by atoms with Crippen LogP contribution in [0.2, 0.25) is 0 Å². The van der Waals surface area contributed by atoms with E-state index < -0.39 is 5.97 Å². The summed E-state index contributed by atoms with van der Waals surface area (Å²) in [4.78, 5) is 22.1. The number of rotatable bonds is 28. The summed E-state index contributed by atoms with van der Waals surface area (Å²) in [6, 6.07) is 0. The van der Waals surface area contributed by atoms with Gasteiger partial charge in [-0.15, -0.1) is 0 Å². The topological polar surface area (TPSA) is 54.4 Å². The van der Waals surface area contributed by atoms with Crippen molar-refractivity contribution in [1.82, 2.24) is 0 Å². The van der Waals surface area contributed by atoms with Crippen LogP contribution in [0.1, 0.15) is 214 Å². The highest BCUT2D eigenvalue weighted by Gasteiger charge is 2.19. The molecule has 0 amide bonds. The SMILES string of the molecule is CCCCCCCCCCCCCCCC(=O)C(C)(C)C.CCCCCCCCCCCCCCCC(=O)O. The Morgan fingerprint density at radius 1 is 0.410 bits per heavy atom. The number of hydrogen-bond donors (Lipinski definition) is 1. The van der Waals surface area contributed by atoms with Crippen LogP contribution >= 0.6 is 0 Å². The lowest BCUT2D eigenvalue weighted by Gasteiger charge is -2.16. The minimum atomic E-state index is -0.655. The number of carbonyl (C=O) groups excluding carboxylic acids is 1. The number of carboxylic acids is 1. The second kappa shape index (κ2) is 31.7. The van der Waals surface area contributed by atoms with Gasteiger partial charge in [-0.05, 0) is 12.8 Å². The smallest absolute Gasteiger partial charge is 0.303 e. The standard InChI is InChI=1S/C20H40O.C16H32O2/c1-5-6-7-8-9-10-11-12-13-14-15-16-17-18-19(21)20(2,3)4;1-2-3-4-5-6-7-8-9-10-11-12-13-14-15-16(17)18/h5-18H2,1-4H3;2-15H2,1H3,(H,17,18). The van der Waals surface area contributed by atoms with Gasteiger partial charge in [-0.1, -0.05) is 189 Å². The first-order valence-electron chi connectivity index (χ1n) is 17.5. The van der Waals surface area contributed by atoms with Crippen molar-refractivity contribution >= 4 is 11.8 Å². The number of ketones is 1. The molecule has 0 saturated carbocycles. The Bertz CT molecular complexity index is 506. The van der Waals surface area contributed by atoms with Crippen molar-refractivity contribution in [3.05, 3.63) is 0 Å². The molecule has 0 saturated heterocycles. The Morgan fingerprint density at radius 2 is 0.641 bits per heavy atom. The van der Waals surface area contributed by atoms with Gasteiger partial charge in [0.25, 0.3) is 0 Å². The quantitative estimate of drug-likeness (QED) is 0.0982. The van der Waals surface area contributed by atoms with E-state index in [4.69, 9.17) is 5.11 Å². The third-order valence-electron chi connectivity index (χ3n) is 7.84. The fourth-order valence-electron chi connectivity index (χ4n) is 4.97. The Labute approximate surface area is 246 Å². The molecular formula is C36H72O3. The highest BCUT2D eigenvalue weighted by Crippen LogP contribution is 2.19. The van der Waals surface area contributed by atoms with E-state index in [1.165, 1.54) is 148 Å². The van der Waals surface area contributed by atoms with Gasteiger partial charge < -0.3 is 5.11 Å². The van der Waals surface area contributed by atoms with Crippen molar-refractivity contribution in [2.45, 2.75) is 214 Å². The monoisotopic (exact) mass is 553 g/mol. The molecule has 0 unspecified atom stereocenters. The van der Waals surface area contributed by atoms with E-state index in [2.05, 4.69) is 13.8 Å². The molecule has 0 fully saturated rings. The van der Waals surface area contributed by atoms with Crippen LogP contribution in [-0.2, 0) is 9.59 Å². The summed E-state index contributed by atoms with van der Waals surface area (Å²) >= 11 is 0. The molecule has 0 heterocycles. The third kappa shape index (κ3) is 37.1. The Balaban J connectivity index is 0. The normalized spacial score (nSPS) is 11.3. The predicted molar refractivity (Wildman–Crippen MR) is 173 cm³/mol. The van der Waals surface area contributed by atoms with Crippen LogP contribution in [0.15, 0.2) is 0 Å². The number of aliphatic carboxylic acids is 1. The molecule has 234 valence electrons. The van der Waals surface area contributed by atoms with E-state index in [9.17, 15) is 9.59 Å². The van der Waals surface area contributed by atoms with E-state index in [1.54, 1.807) is 0 Å². The van der Waals surface area contributed by atoms with E-state index in [-0.39, 0.29) is 5.41 Å². The molecule has 3 nitrogen and oxygen atoms in total. The molecule has 0 atom stereocenters. The second-order valence-electron chi connectivity index (χ2n) is 13.1. The van der Waals surface area contributed by atoms with Gasteiger partial charge in [0.05, 0.1) is 0 Å². The average Bonchev–Trinajstić information content (AvgIpc) is 2.89. The maximum absolute atomic E-state index is 11.8. The molecule has 0 aliphatic rings. The fourth-order valence-corrected chi connectivity index (χ4v) is 4.97. The zero-order valence-electron chi connectivity index (χ0n) is 27.6. The summed E-state index contributed by atoms with van der Waals surface area (Å²) in [5, 5.41) is 8.49. The lowest BCUT2D eigenvalue weighted by Crippen LogP contribution is -2.19. The minimum Gasteiger partial charge on any atom is -0.481 e. The van der Waals surface area contributed by atoms with E-state index in [0.29, 0.717) is 12.2 Å². The maximum atomic E-state index is 11.8. The Kier molecular flexibility index (Phi) is 32.7. The summed E-state index contributed by atoms with van der Waals surface area (Å²) in [5.74, 6) is -0.233. The van der Waals surface area contributed by atoms with Crippen LogP contribution in [0, 0.1) is 5.41 Å². The first kappa shape index (κ1) is 40.3. The van der Waals surface area contributed by atoms with Crippen molar-refractivity contribution in [2.75, 3.05) is 0 Å². The first-order valence-corrected chi connectivity index (χ1v) is 17.5. The number of unbranched alkanes of at least 4 members (excludes halogenated alkanes) is 24. The zero-order chi connectivity index (χ0) is 29.5. The Morgan fingerprint density at radius 3 is 0.872 bits per heavy atom. The molecule has 0 aliphatic carbocycles. The van der Waals surface area contributed by atoms with Crippen molar-refractivity contribution in [3.8, 4) is 0 Å². The second-order valence-corrected chi connectivity index (χ2v) is 13.1. The van der Waals surface area contributed by atoms with Crippen LogP contribution in [0.5, 0.6) is 0 Å². The first-order chi connectivity index (χ1) is 18.8. The van der Waals surface area contributed by atoms with Gasteiger partial charge in [-0.3, -0.25) is 9.59 Å². The predicted octanol–water partition coefficient (Wildman–Crippen LogP) is 12.6. The van der Waals surface area contributed by atoms with Crippen molar-refractivity contribution in [3.63, 3.8) is 0 Å². The molecule has 0 aromatic carbocycles. The molecular weight excluding hydrogens is 480 g/mol. The zero-order valence-corrected chi connectivity index (χ0v) is 27.6. The van der Waals surface area contributed by atoms with E-state index >= 15 is 0 Å². The van der Waals surface area contributed by atoms with Gasteiger partial charge in [0.15, 0.2) is 0 Å². The van der Waals surface area contributed by atoms with Crippen molar-refractivity contribution < 1.29 is 14.7 Å². The number of carbonyl (C=O) groups is 2. The van der Waals surface area contributed by atoms with Crippen LogP contribution in [-0.4, -0.2) is 16.9 Å². The lowest BCUT2D eigenvalue weighted by molar-refractivity contribution is -0.137. The van der Waals surface area contributed by atoms with Gasteiger partial charge in [-0.2, -0.15) is 0 Å². The molecule has 0 aromatic heterocycles. The van der Waals surface area contributed by atoms with Crippen LogP contribution in [0.4, 0.5) is 0 Å². The molecule has 0 radical (unpaired) electrons. The van der Waals surface area contributed by atoms with Gasteiger partial charge in [0.1, 0.15) is 5.78 Å². The summed E-state index contributed by atoms with van der Waals surface area (Å²) in [7, 11) is 0. The largest absolute Gasteiger partial charge is 0.481 e. The van der Waals surface area contributed by atoms with Gasteiger partial charge in [0.2, 0.25) is 0 Å². The minimum absolute atomic E-state index is 0.142. The highest BCUT2D eigenvalue weighted by atomic mass is 16.4. The summed E-state index contributed by atoms with van der Waals surface area (Å²) < 4.78 is 0. The molecule has 39 heavy (non-hydrogen) atoms. The maximum Gasteiger partial charge on any atom is 0.303 e. The van der Waals surface area contributed by atoms with Crippen molar-refractivity contribution in [1.29, 1.82) is 0 Å². The van der Waals surface area contributed by atoms with Crippen LogP contribution in [0.3, 0.4) is 0 Å². The van der Waals surface area contributed by atoms with Crippen LogP contribution in [0.25, 0.3) is 0 Å². The van der Waals surface area contributed by atoms with E-state index in [1.807, 2.05) is 20.8 Å². The van der Waals surface area contributed by atoms with Gasteiger partial charge >= 0.3 is 5.97 Å². The molecule has 0 aliphatic heterocycles. The number of Topliss-reactive ketones (excluding diaryl/α,β-unsaturated/α-hetero) is 1. The average molecular weight is 553 g/mol. The van der Waals surface area contributed by atoms with Gasteiger partial charge in [0, 0.05) is 18.3 Å².